The number of benzene rings is 2. The highest BCUT2D eigenvalue weighted by Crippen LogP contribution is 2.31. The molecule has 8 heteroatoms. The Bertz CT molecular complexity index is 929. The molecule has 2 rings (SSSR count). The van der Waals surface area contributed by atoms with Crippen molar-refractivity contribution in [3.8, 4) is 11.8 Å². The summed E-state index contributed by atoms with van der Waals surface area (Å²) in [5.41, 5.74) is 0.308. The molecule has 0 bridgehead atoms. The van der Waals surface area contributed by atoms with Crippen LogP contribution in [0.3, 0.4) is 0 Å². The first kappa shape index (κ1) is 19.3. The van der Waals surface area contributed by atoms with E-state index in [4.69, 9.17) is 21.6 Å². The van der Waals surface area contributed by atoms with Crippen molar-refractivity contribution in [3.05, 3.63) is 63.4 Å². The third-order valence-corrected chi connectivity index (χ3v) is 3.82. The van der Waals surface area contributed by atoms with Crippen LogP contribution in [-0.4, -0.2) is 13.0 Å². The molecule has 0 aliphatic carbocycles. The Morgan fingerprint density at radius 2 is 1.85 bits per heavy atom. The lowest BCUT2D eigenvalue weighted by Crippen LogP contribution is -2.14. The zero-order chi connectivity index (χ0) is 19.4. The standard InChI is InChI=1S/C18H12ClF3N2O2/c1-9-3-15(16(26-2)7-12(9)19)24-18(25)11(8-23)4-10-5-13(20)17(22)14(21)6-10/h3-7H,1-2H3,(H,24,25)/b11-4+. The van der Waals surface area contributed by atoms with E-state index in [0.29, 0.717) is 22.7 Å². The van der Waals surface area contributed by atoms with E-state index in [1.807, 2.05) is 0 Å². The number of methoxy groups -OCH3 is 1. The largest absolute Gasteiger partial charge is 0.495 e. The number of hydrogen-bond donors (Lipinski definition) is 1. The molecule has 26 heavy (non-hydrogen) atoms. The van der Waals surface area contributed by atoms with E-state index in [0.717, 1.165) is 6.08 Å². The molecule has 0 heterocycles. The van der Waals surface area contributed by atoms with E-state index in [-0.39, 0.29) is 17.0 Å². The van der Waals surface area contributed by atoms with Gasteiger partial charge in [-0.3, -0.25) is 4.79 Å². The lowest BCUT2D eigenvalue weighted by molar-refractivity contribution is -0.112. The second-order valence-electron chi connectivity index (χ2n) is 5.22. The number of anilines is 1. The number of hydrogen-bond acceptors (Lipinski definition) is 3. The quantitative estimate of drug-likeness (QED) is 0.478. The van der Waals surface area contributed by atoms with Crippen molar-refractivity contribution < 1.29 is 22.7 Å². The molecule has 0 spiro atoms. The molecule has 0 unspecified atom stereocenters. The molecule has 1 N–H and O–H groups in total. The number of nitriles is 1. The van der Waals surface area contributed by atoms with Crippen LogP contribution in [0.15, 0.2) is 29.8 Å². The molecule has 0 radical (unpaired) electrons. The Balaban J connectivity index is 2.36. The van der Waals surface area contributed by atoms with E-state index >= 15 is 0 Å². The van der Waals surface area contributed by atoms with Crippen molar-refractivity contribution in [2.24, 2.45) is 0 Å². The average molecular weight is 381 g/mol. The van der Waals surface area contributed by atoms with E-state index in [9.17, 15) is 18.0 Å². The van der Waals surface area contributed by atoms with Crippen molar-refractivity contribution in [3.63, 3.8) is 0 Å². The van der Waals surface area contributed by atoms with Gasteiger partial charge in [-0.05, 0) is 42.3 Å². The van der Waals surface area contributed by atoms with Crippen LogP contribution in [-0.2, 0) is 4.79 Å². The molecule has 0 saturated carbocycles. The molecule has 0 saturated heterocycles. The SMILES string of the molecule is COc1cc(Cl)c(C)cc1NC(=O)/C(C#N)=C/c1cc(F)c(F)c(F)c1. The molecule has 4 nitrogen and oxygen atoms in total. The molecule has 2 aromatic carbocycles. The maximum Gasteiger partial charge on any atom is 0.266 e. The molecule has 0 fully saturated rings. The number of ether oxygens (including phenoxy) is 1. The van der Waals surface area contributed by atoms with Gasteiger partial charge < -0.3 is 10.1 Å². The van der Waals surface area contributed by atoms with Crippen LogP contribution in [0.25, 0.3) is 6.08 Å². The molecular weight excluding hydrogens is 369 g/mol. The number of carbonyl (C=O) groups is 1. The minimum absolute atomic E-state index is 0.174. The Kier molecular flexibility index (Phi) is 5.90. The Morgan fingerprint density at radius 3 is 2.38 bits per heavy atom. The summed E-state index contributed by atoms with van der Waals surface area (Å²) in [7, 11) is 1.38. The van der Waals surface area contributed by atoms with Gasteiger partial charge in [-0.15, -0.1) is 0 Å². The maximum absolute atomic E-state index is 13.3. The zero-order valence-corrected chi connectivity index (χ0v) is 14.4. The number of amides is 1. The van der Waals surface area contributed by atoms with Crippen molar-refractivity contribution in [1.29, 1.82) is 5.26 Å². The normalized spacial score (nSPS) is 11.0. The first-order chi connectivity index (χ1) is 12.3. The number of aryl methyl sites for hydroxylation is 1. The van der Waals surface area contributed by atoms with E-state index < -0.39 is 28.9 Å². The number of nitrogens with one attached hydrogen (secondary N) is 1. The van der Waals surface area contributed by atoms with Gasteiger partial charge in [0.25, 0.3) is 5.91 Å². The van der Waals surface area contributed by atoms with Crippen molar-refractivity contribution >= 4 is 29.3 Å². The van der Waals surface area contributed by atoms with Crippen LogP contribution < -0.4 is 10.1 Å². The van der Waals surface area contributed by atoms with Crippen LogP contribution >= 0.6 is 11.6 Å². The average Bonchev–Trinajstić information content (AvgIpc) is 2.60. The summed E-state index contributed by atoms with van der Waals surface area (Å²) in [6, 6.07) is 6.02. The molecule has 0 atom stereocenters. The summed E-state index contributed by atoms with van der Waals surface area (Å²) >= 11 is 5.98. The Labute approximate surface area is 152 Å². The molecule has 0 aromatic heterocycles. The fourth-order valence-electron chi connectivity index (χ4n) is 2.09. The van der Waals surface area contributed by atoms with E-state index in [1.54, 1.807) is 19.1 Å². The van der Waals surface area contributed by atoms with Crippen LogP contribution in [0.2, 0.25) is 5.02 Å². The fraction of sp³-hybridized carbons (Fsp3) is 0.111. The van der Waals surface area contributed by atoms with E-state index in [1.165, 1.54) is 13.2 Å². The maximum atomic E-state index is 13.3. The predicted octanol–water partition coefficient (Wildman–Crippen LogP) is 4.62. The lowest BCUT2D eigenvalue weighted by Gasteiger charge is -2.12. The fourth-order valence-corrected chi connectivity index (χ4v) is 2.25. The third-order valence-electron chi connectivity index (χ3n) is 3.41. The van der Waals surface area contributed by atoms with Gasteiger partial charge in [0.1, 0.15) is 17.4 Å². The molecule has 1 amide bonds. The van der Waals surface area contributed by atoms with E-state index in [2.05, 4.69) is 5.32 Å². The second-order valence-corrected chi connectivity index (χ2v) is 5.63. The Morgan fingerprint density at radius 1 is 1.23 bits per heavy atom. The summed E-state index contributed by atoms with van der Waals surface area (Å²) in [5, 5.41) is 12.1. The van der Waals surface area contributed by atoms with Crippen molar-refractivity contribution in [2.75, 3.05) is 12.4 Å². The van der Waals surface area contributed by atoms with Gasteiger partial charge in [-0.2, -0.15) is 5.26 Å². The van der Waals surface area contributed by atoms with Crippen LogP contribution in [0.4, 0.5) is 18.9 Å². The topological polar surface area (TPSA) is 62.1 Å². The zero-order valence-electron chi connectivity index (χ0n) is 13.7. The third kappa shape index (κ3) is 4.16. The minimum Gasteiger partial charge on any atom is -0.495 e. The summed E-state index contributed by atoms with van der Waals surface area (Å²) in [5.74, 6) is -5.05. The highest BCUT2D eigenvalue weighted by atomic mass is 35.5. The molecule has 134 valence electrons. The number of carbonyl (C=O) groups excluding carboxylic acids is 1. The summed E-state index contributed by atoms with van der Waals surface area (Å²) in [6.45, 7) is 1.71. The van der Waals surface area contributed by atoms with Crippen LogP contribution in [0.1, 0.15) is 11.1 Å². The molecule has 0 aliphatic heterocycles. The summed E-state index contributed by atoms with van der Waals surface area (Å²) < 4.78 is 44.6. The number of nitrogens with zero attached hydrogens (tertiary/aromatic N) is 1. The highest BCUT2D eigenvalue weighted by molar-refractivity contribution is 6.31. The molecular formula is C18H12ClF3N2O2. The summed E-state index contributed by atoms with van der Waals surface area (Å²) in [4.78, 5) is 12.3. The minimum atomic E-state index is -1.63. The van der Waals surface area contributed by atoms with Gasteiger partial charge in [-0.25, -0.2) is 13.2 Å². The van der Waals surface area contributed by atoms with Gasteiger partial charge in [0.15, 0.2) is 17.5 Å². The monoisotopic (exact) mass is 380 g/mol. The second kappa shape index (κ2) is 7.93. The van der Waals surface area contributed by atoms with Crippen LogP contribution in [0, 0.1) is 35.7 Å². The van der Waals surface area contributed by atoms with Gasteiger partial charge in [-0.1, -0.05) is 11.6 Å². The van der Waals surface area contributed by atoms with Crippen molar-refractivity contribution in [2.45, 2.75) is 6.92 Å². The lowest BCUT2D eigenvalue weighted by atomic mass is 10.1. The van der Waals surface area contributed by atoms with Crippen LogP contribution in [0.5, 0.6) is 5.75 Å². The Hall–Kier alpha value is -2.98. The highest BCUT2D eigenvalue weighted by Gasteiger charge is 2.15. The van der Waals surface area contributed by atoms with Gasteiger partial charge in [0.2, 0.25) is 0 Å². The molecule has 2 aromatic rings. The van der Waals surface area contributed by atoms with Gasteiger partial charge in [0, 0.05) is 11.1 Å². The number of rotatable bonds is 4. The summed E-state index contributed by atoms with van der Waals surface area (Å²) in [6.07, 6.45) is 0.941. The van der Waals surface area contributed by atoms with Gasteiger partial charge in [0.05, 0.1) is 12.8 Å². The van der Waals surface area contributed by atoms with Gasteiger partial charge >= 0.3 is 0 Å². The number of halogens is 4. The molecule has 0 aliphatic rings. The first-order valence-corrected chi connectivity index (χ1v) is 7.56. The first-order valence-electron chi connectivity index (χ1n) is 7.18. The van der Waals surface area contributed by atoms with Crippen molar-refractivity contribution in [1.82, 2.24) is 0 Å². The smallest absolute Gasteiger partial charge is 0.266 e. The predicted molar refractivity (Wildman–Crippen MR) is 91.3 cm³/mol.